The SMILES string of the molecule is C[C@]12C=CC(=O)C=C1[C@@H](F)CC1C3C[C@H](CO)[C@](OC(=O)CCCO[N+](=O)[O-])(C(=O)CO)[C@@]3(C)CC[C@@]12F. The molecule has 4 aliphatic rings. The Morgan fingerprint density at radius 1 is 1.21 bits per heavy atom. The third-order valence-corrected chi connectivity index (χ3v) is 9.78. The molecular weight excluding hydrogens is 508 g/mol. The minimum absolute atomic E-state index is 0.0340. The van der Waals surface area contributed by atoms with Gasteiger partial charge in [0.15, 0.2) is 11.4 Å². The Morgan fingerprint density at radius 3 is 2.55 bits per heavy atom. The number of fused-ring (bicyclic) bond motifs is 5. The number of halogens is 2. The molecule has 0 aromatic rings. The molecule has 0 heterocycles. The lowest BCUT2D eigenvalue weighted by atomic mass is 9.45. The maximum atomic E-state index is 17.2. The van der Waals surface area contributed by atoms with Crippen molar-refractivity contribution in [1.82, 2.24) is 0 Å². The van der Waals surface area contributed by atoms with Crippen molar-refractivity contribution in [1.29, 1.82) is 0 Å². The molecule has 4 rings (SSSR count). The Kier molecular flexibility index (Phi) is 7.28. The third kappa shape index (κ3) is 3.90. The van der Waals surface area contributed by atoms with Gasteiger partial charge in [0, 0.05) is 29.1 Å². The number of ether oxygens (including phenoxy) is 1. The fourth-order valence-electron chi connectivity index (χ4n) is 7.95. The van der Waals surface area contributed by atoms with Crippen molar-refractivity contribution in [2.24, 2.45) is 28.6 Å². The van der Waals surface area contributed by atoms with Crippen molar-refractivity contribution in [2.45, 2.75) is 69.8 Å². The van der Waals surface area contributed by atoms with E-state index in [1.54, 1.807) is 13.8 Å². The summed E-state index contributed by atoms with van der Waals surface area (Å²) in [6.07, 6.45) is 1.52. The van der Waals surface area contributed by atoms with Crippen molar-refractivity contribution in [2.75, 3.05) is 19.8 Å². The van der Waals surface area contributed by atoms with E-state index in [0.717, 1.165) is 6.08 Å². The van der Waals surface area contributed by atoms with Gasteiger partial charge in [0.05, 0.1) is 13.2 Å². The van der Waals surface area contributed by atoms with Crippen molar-refractivity contribution >= 4 is 17.5 Å². The molecule has 38 heavy (non-hydrogen) atoms. The van der Waals surface area contributed by atoms with E-state index in [0.29, 0.717) is 0 Å². The number of rotatable bonds is 9. The van der Waals surface area contributed by atoms with Gasteiger partial charge in [0.1, 0.15) is 18.4 Å². The predicted molar refractivity (Wildman–Crippen MR) is 126 cm³/mol. The molecule has 0 saturated heterocycles. The molecule has 12 heteroatoms. The van der Waals surface area contributed by atoms with Crippen LogP contribution in [-0.4, -0.2) is 70.1 Å². The Hall–Kier alpha value is -2.73. The van der Waals surface area contributed by atoms with Crippen LogP contribution in [0.3, 0.4) is 0 Å². The molecule has 10 nitrogen and oxygen atoms in total. The number of Topliss-reactive ketones (excluding diaryl/α,β-unsaturated/α-hetero) is 1. The van der Waals surface area contributed by atoms with Crippen molar-refractivity contribution in [3.05, 3.63) is 33.9 Å². The standard InChI is InChI=1S/C26H33F2NO9/c1-23-6-5-16(32)11-19(23)20(27)12-18-17-10-15(13-30)26(21(33)14-31,24(17,2)7-8-25(18,23)28)38-22(34)4-3-9-37-29(35)36/h5-6,11,15,17-18,20,30-31H,3-4,7-10,12-14H2,1-2H3/t15-,17?,18?,20+,23+,24+,25-,26+/m1/s1. The number of carbonyl (C=O) groups is 3. The quantitative estimate of drug-likeness (QED) is 0.194. The molecule has 2 unspecified atom stereocenters. The van der Waals surface area contributed by atoms with Gasteiger partial charge in [-0.25, -0.2) is 8.78 Å². The van der Waals surface area contributed by atoms with E-state index >= 15 is 8.78 Å². The van der Waals surface area contributed by atoms with Crippen molar-refractivity contribution in [3.8, 4) is 0 Å². The van der Waals surface area contributed by atoms with Gasteiger partial charge in [-0.05, 0) is 62.7 Å². The fourth-order valence-corrected chi connectivity index (χ4v) is 7.95. The zero-order chi connectivity index (χ0) is 28.1. The summed E-state index contributed by atoms with van der Waals surface area (Å²) >= 11 is 0. The zero-order valence-corrected chi connectivity index (χ0v) is 21.4. The second-order valence-corrected chi connectivity index (χ2v) is 11.3. The minimum Gasteiger partial charge on any atom is -0.450 e. The van der Waals surface area contributed by atoms with Crippen molar-refractivity contribution in [3.63, 3.8) is 0 Å². The van der Waals surface area contributed by atoms with E-state index in [-0.39, 0.29) is 50.7 Å². The maximum Gasteiger partial charge on any atom is 0.306 e. The molecule has 0 aromatic heterocycles. The molecule has 0 aromatic carbocycles. The molecule has 3 fully saturated rings. The average molecular weight is 542 g/mol. The highest BCUT2D eigenvalue weighted by Crippen LogP contribution is 2.71. The van der Waals surface area contributed by atoms with Crippen LogP contribution in [0.5, 0.6) is 0 Å². The monoisotopic (exact) mass is 541 g/mol. The molecule has 0 spiro atoms. The van der Waals surface area contributed by atoms with Gasteiger partial charge in [-0.1, -0.05) is 13.0 Å². The molecule has 0 aliphatic heterocycles. The molecular formula is C26H33F2NO9. The third-order valence-electron chi connectivity index (χ3n) is 9.78. The second kappa shape index (κ2) is 9.78. The average Bonchev–Trinajstić information content (AvgIpc) is 3.12. The summed E-state index contributed by atoms with van der Waals surface area (Å²) in [6, 6.07) is 0. The van der Waals surface area contributed by atoms with E-state index < -0.39 is 81.9 Å². The summed E-state index contributed by atoms with van der Waals surface area (Å²) < 4.78 is 38.6. The van der Waals surface area contributed by atoms with Crippen molar-refractivity contribution < 1.29 is 48.0 Å². The number of nitrogens with zero attached hydrogens (tertiary/aromatic N) is 1. The van der Waals surface area contributed by atoms with Crippen LogP contribution in [-0.2, 0) is 24.0 Å². The normalized spacial score (nSPS) is 41.4. The van der Waals surface area contributed by atoms with Crippen LogP contribution < -0.4 is 0 Å². The van der Waals surface area contributed by atoms with Gasteiger partial charge < -0.3 is 19.8 Å². The number of aliphatic hydroxyl groups excluding tert-OH is 2. The van der Waals surface area contributed by atoms with Gasteiger partial charge in [0.2, 0.25) is 5.78 Å². The van der Waals surface area contributed by atoms with Gasteiger partial charge >= 0.3 is 5.97 Å². The highest BCUT2D eigenvalue weighted by molar-refractivity contribution is 6.01. The molecule has 2 N–H and O–H groups in total. The molecule has 210 valence electrons. The van der Waals surface area contributed by atoms with Gasteiger partial charge in [0.25, 0.3) is 5.09 Å². The number of hydrogen-bond acceptors (Lipinski definition) is 9. The lowest BCUT2D eigenvalue weighted by molar-refractivity contribution is -0.757. The Balaban J connectivity index is 1.71. The molecule has 0 amide bonds. The maximum absolute atomic E-state index is 17.2. The Labute approximate surface area is 218 Å². The number of aliphatic hydroxyl groups is 2. The topological polar surface area (TPSA) is 153 Å². The summed E-state index contributed by atoms with van der Waals surface area (Å²) in [6.45, 7) is 1.26. The fraction of sp³-hybridized carbons (Fsp3) is 0.731. The number of ketones is 2. The lowest BCUT2D eigenvalue weighted by Gasteiger charge is -2.61. The smallest absolute Gasteiger partial charge is 0.306 e. The van der Waals surface area contributed by atoms with Gasteiger partial charge in [-0.2, -0.15) is 0 Å². The first kappa shape index (κ1) is 28.3. The zero-order valence-electron chi connectivity index (χ0n) is 21.4. The van der Waals surface area contributed by atoms with Gasteiger partial charge in [-0.15, -0.1) is 10.1 Å². The predicted octanol–water partition coefficient (Wildman–Crippen LogP) is 2.38. The number of allylic oxidation sites excluding steroid dienone is 4. The van der Waals surface area contributed by atoms with Crippen LogP contribution in [0.2, 0.25) is 0 Å². The lowest BCUT2D eigenvalue weighted by Crippen LogP contribution is -2.66. The van der Waals surface area contributed by atoms with E-state index in [1.165, 1.54) is 12.2 Å². The van der Waals surface area contributed by atoms with Crippen LogP contribution in [0, 0.1) is 38.7 Å². The first-order valence-electron chi connectivity index (χ1n) is 12.8. The van der Waals surface area contributed by atoms with Crippen LogP contribution in [0.25, 0.3) is 0 Å². The van der Waals surface area contributed by atoms with E-state index in [2.05, 4.69) is 4.84 Å². The molecule has 8 atom stereocenters. The molecule has 3 saturated carbocycles. The number of carbonyl (C=O) groups excluding carboxylic acids is 3. The summed E-state index contributed by atoms with van der Waals surface area (Å²) in [5.41, 5.74) is -6.50. The first-order valence-corrected chi connectivity index (χ1v) is 12.8. The minimum atomic E-state index is -2.00. The Morgan fingerprint density at radius 2 is 1.92 bits per heavy atom. The summed E-state index contributed by atoms with van der Waals surface area (Å²) in [5.74, 6) is -4.73. The largest absolute Gasteiger partial charge is 0.450 e. The van der Waals surface area contributed by atoms with Crippen LogP contribution in [0.1, 0.15) is 52.4 Å². The first-order chi connectivity index (χ1) is 17.8. The highest BCUT2D eigenvalue weighted by Gasteiger charge is 2.76. The van der Waals surface area contributed by atoms with E-state index in [1.807, 2.05) is 0 Å². The summed E-state index contributed by atoms with van der Waals surface area (Å²) in [5, 5.41) is 29.6. The molecule has 4 aliphatic carbocycles. The summed E-state index contributed by atoms with van der Waals surface area (Å²) in [4.78, 5) is 52.8. The van der Waals surface area contributed by atoms with Crippen LogP contribution in [0.4, 0.5) is 8.78 Å². The van der Waals surface area contributed by atoms with Crippen LogP contribution in [0.15, 0.2) is 23.8 Å². The molecule has 0 radical (unpaired) electrons. The number of alkyl halides is 2. The second-order valence-electron chi connectivity index (χ2n) is 11.3. The highest BCUT2D eigenvalue weighted by atomic mass is 19.1. The number of esters is 1. The van der Waals surface area contributed by atoms with Crippen LogP contribution >= 0.6 is 0 Å². The number of hydrogen-bond donors (Lipinski definition) is 2. The Bertz CT molecular complexity index is 1090. The van der Waals surface area contributed by atoms with E-state index in [9.17, 15) is 34.7 Å². The summed E-state index contributed by atoms with van der Waals surface area (Å²) in [7, 11) is 0. The molecule has 0 bridgehead atoms. The van der Waals surface area contributed by atoms with E-state index in [4.69, 9.17) is 4.74 Å². The van der Waals surface area contributed by atoms with Gasteiger partial charge in [-0.3, -0.25) is 14.4 Å².